The summed E-state index contributed by atoms with van der Waals surface area (Å²) in [5, 5.41) is 13.0. The standard InChI is InChI=1S/C15H17NO2/c17-8-7-15-10-3-1-2-4-12(10)16-14(15)9-5-6-11(15)13(9)18/h1-4,9,11,14,16-17H,5-8H2/t9?,11?,14-,15+/m0/s1. The van der Waals surface area contributed by atoms with Gasteiger partial charge in [-0.05, 0) is 30.9 Å². The number of aliphatic hydroxyl groups excluding tert-OH is 1. The average molecular weight is 243 g/mol. The first-order valence-electron chi connectivity index (χ1n) is 6.79. The van der Waals surface area contributed by atoms with Gasteiger partial charge in [-0.15, -0.1) is 0 Å². The molecule has 1 aliphatic heterocycles. The van der Waals surface area contributed by atoms with Crippen molar-refractivity contribution in [2.75, 3.05) is 11.9 Å². The van der Waals surface area contributed by atoms with Gasteiger partial charge in [0.25, 0.3) is 0 Å². The number of para-hydroxylation sites is 1. The van der Waals surface area contributed by atoms with Gasteiger partial charge in [-0.25, -0.2) is 0 Å². The lowest BCUT2D eigenvalue weighted by atomic mass is 9.65. The van der Waals surface area contributed by atoms with E-state index in [0.717, 1.165) is 12.8 Å². The summed E-state index contributed by atoms with van der Waals surface area (Å²) in [7, 11) is 0. The zero-order valence-corrected chi connectivity index (χ0v) is 10.2. The van der Waals surface area contributed by atoms with Gasteiger partial charge in [0.1, 0.15) is 5.78 Å². The molecule has 3 aliphatic rings. The Bertz CT molecular complexity index is 527. The van der Waals surface area contributed by atoms with Crippen LogP contribution in [0.15, 0.2) is 24.3 Å². The van der Waals surface area contributed by atoms with Crippen molar-refractivity contribution in [3.05, 3.63) is 29.8 Å². The third-order valence-electron chi connectivity index (χ3n) is 5.32. The molecule has 2 bridgehead atoms. The van der Waals surface area contributed by atoms with Crippen LogP contribution < -0.4 is 5.32 Å². The summed E-state index contributed by atoms with van der Waals surface area (Å²) in [6.07, 6.45) is 2.72. The summed E-state index contributed by atoms with van der Waals surface area (Å²) in [5.41, 5.74) is 2.29. The Balaban J connectivity index is 1.92. The Morgan fingerprint density at radius 1 is 1.33 bits per heavy atom. The van der Waals surface area contributed by atoms with Gasteiger partial charge in [0, 0.05) is 35.6 Å². The molecule has 3 nitrogen and oxygen atoms in total. The maximum atomic E-state index is 12.3. The van der Waals surface area contributed by atoms with Crippen molar-refractivity contribution in [2.45, 2.75) is 30.7 Å². The quantitative estimate of drug-likeness (QED) is 0.831. The number of benzene rings is 1. The van der Waals surface area contributed by atoms with Crippen LogP contribution in [-0.4, -0.2) is 23.5 Å². The molecule has 2 saturated carbocycles. The van der Waals surface area contributed by atoms with Gasteiger partial charge < -0.3 is 10.4 Å². The highest BCUT2D eigenvalue weighted by atomic mass is 16.3. The number of ketones is 1. The van der Waals surface area contributed by atoms with Crippen molar-refractivity contribution in [1.29, 1.82) is 0 Å². The molecule has 0 amide bonds. The molecule has 3 heteroatoms. The first-order valence-corrected chi connectivity index (χ1v) is 6.79. The largest absolute Gasteiger partial charge is 0.396 e. The lowest BCUT2D eigenvalue weighted by Crippen LogP contribution is -2.44. The topological polar surface area (TPSA) is 49.3 Å². The van der Waals surface area contributed by atoms with Gasteiger partial charge in [0.05, 0.1) is 0 Å². The molecule has 94 valence electrons. The predicted octanol–water partition coefficient (Wildman–Crippen LogP) is 1.71. The second kappa shape index (κ2) is 3.35. The van der Waals surface area contributed by atoms with Crippen molar-refractivity contribution in [1.82, 2.24) is 0 Å². The van der Waals surface area contributed by atoms with Gasteiger partial charge in [0.15, 0.2) is 0 Å². The normalized spacial score (nSPS) is 39.6. The molecule has 2 N–H and O–H groups in total. The lowest BCUT2D eigenvalue weighted by molar-refractivity contribution is -0.122. The average Bonchev–Trinajstić information content (AvgIpc) is 2.97. The molecular formula is C15H17NO2. The van der Waals surface area contributed by atoms with E-state index in [-0.39, 0.29) is 29.9 Å². The zero-order chi connectivity index (χ0) is 12.3. The van der Waals surface area contributed by atoms with E-state index in [9.17, 15) is 9.90 Å². The van der Waals surface area contributed by atoms with Crippen LogP contribution in [0.3, 0.4) is 0 Å². The van der Waals surface area contributed by atoms with E-state index < -0.39 is 0 Å². The summed E-state index contributed by atoms with van der Waals surface area (Å²) in [4.78, 5) is 12.3. The summed E-state index contributed by atoms with van der Waals surface area (Å²) in [6.45, 7) is 0.156. The molecule has 1 aromatic rings. The number of nitrogens with one attached hydrogen (secondary N) is 1. The number of carbonyl (C=O) groups is 1. The SMILES string of the molecule is O=C1C2CCC1[C@@]1(CCO)c3ccccc3N[C@@H]21. The molecule has 0 aromatic heterocycles. The summed E-state index contributed by atoms with van der Waals surface area (Å²) in [6, 6.07) is 8.51. The number of hydrogen-bond donors (Lipinski definition) is 2. The molecule has 4 rings (SSSR count). The number of Topliss-reactive ketones (excluding diaryl/α,β-unsaturated/α-hetero) is 1. The molecule has 2 aliphatic carbocycles. The van der Waals surface area contributed by atoms with E-state index in [4.69, 9.17) is 0 Å². The fourth-order valence-corrected chi connectivity index (χ4v) is 4.72. The Morgan fingerprint density at radius 3 is 3.00 bits per heavy atom. The van der Waals surface area contributed by atoms with Crippen LogP contribution >= 0.6 is 0 Å². The predicted molar refractivity (Wildman–Crippen MR) is 68.5 cm³/mol. The Morgan fingerprint density at radius 2 is 2.17 bits per heavy atom. The van der Waals surface area contributed by atoms with Crippen LogP contribution in [0, 0.1) is 11.8 Å². The van der Waals surface area contributed by atoms with Crippen LogP contribution in [0.4, 0.5) is 5.69 Å². The van der Waals surface area contributed by atoms with E-state index >= 15 is 0 Å². The minimum atomic E-state index is -0.134. The maximum Gasteiger partial charge on any atom is 0.142 e. The minimum Gasteiger partial charge on any atom is -0.396 e. The molecular weight excluding hydrogens is 226 g/mol. The first-order chi connectivity index (χ1) is 8.79. The van der Waals surface area contributed by atoms with Crippen molar-refractivity contribution < 1.29 is 9.90 Å². The van der Waals surface area contributed by atoms with Crippen LogP contribution in [0.5, 0.6) is 0 Å². The van der Waals surface area contributed by atoms with E-state index in [2.05, 4.69) is 17.4 Å². The fourth-order valence-electron chi connectivity index (χ4n) is 4.72. The second-order valence-electron chi connectivity index (χ2n) is 5.82. The lowest BCUT2D eigenvalue weighted by Gasteiger charge is -2.38. The van der Waals surface area contributed by atoms with Gasteiger partial charge >= 0.3 is 0 Å². The number of rotatable bonds is 2. The monoisotopic (exact) mass is 243 g/mol. The molecule has 0 radical (unpaired) electrons. The van der Waals surface area contributed by atoms with Gasteiger partial charge in [-0.3, -0.25) is 4.79 Å². The fraction of sp³-hybridized carbons (Fsp3) is 0.533. The second-order valence-corrected chi connectivity index (χ2v) is 5.82. The number of aliphatic hydroxyl groups is 1. The van der Waals surface area contributed by atoms with Crippen LogP contribution in [0.1, 0.15) is 24.8 Å². The van der Waals surface area contributed by atoms with E-state index in [0.29, 0.717) is 12.2 Å². The molecule has 2 unspecified atom stereocenters. The number of anilines is 1. The van der Waals surface area contributed by atoms with Crippen molar-refractivity contribution >= 4 is 11.5 Å². The van der Waals surface area contributed by atoms with Crippen molar-refractivity contribution in [3.8, 4) is 0 Å². The highest BCUT2D eigenvalue weighted by Gasteiger charge is 2.66. The van der Waals surface area contributed by atoms with E-state index in [1.54, 1.807) is 0 Å². The highest BCUT2D eigenvalue weighted by Crippen LogP contribution is 2.61. The third-order valence-corrected chi connectivity index (χ3v) is 5.32. The number of fused-ring (bicyclic) bond motifs is 7. The minimum absolute atomic E-state index is 0.121. The summed E-state index contributed by atoms with van der Waals surface area (Å²) in [5.74, 6) is 0.709. The van der Waals surface area contributed by atoms with Crippen LogP contribution in [0.2, 0.25) is 0 Å². The first kappa shape index (κ1) is 10.6. The third kappa shape index (κ3) is 0.985. The molecule has 1 heterocycles. The summed E-state index contributed by atoms with van der Waals surface area (Å²) >= 11 is 0. The van der Waals surface area contributed by atoms with Gasteiger partial charge in [-0.1, -0.05) is 18.2 Å². The number of carbonyl (C=O) groups excluding carboxylic acids is 1. The Labute approximate surface area is 106 Å². The van der Waals surface area contributed by atoms with E-state index in [1.165, 1.54) is 11.3 Å². The molecule has 0 saturated heterocycles. The maximum absolute atomic E-state index is 12.3. The van der Waals surface area contributed by atoms with Crippen molar-refractivity contribution in [2.24, 2.45) is 11.8 Å². The smallest absolute Gasteiger partial charge is 0.142 e. The van der Waals surface area contributed by atoms with Crippen LogP contribution in [-0.2, 0) is 10.2 Å². The zero-order valence-electron chi connectivity index (χ0n) is 10.2. The van der Waals surface area contributed by atoms with Gasteiger partial charge in [0.2, 0.25) is 0 Å². The van der Waals surface area contributed by atoms with E-state index in [1.807, 2.05) is 12.1 Å². The summed E-state index contributed by atoms with van der Waals surface area (Å²) < 4.78 is 0. The van der Waals surface area contributed by atoms with Crippen LogP contribution in [0.25, 0.3) is 0 Å². The Hall–Kier alpha value is -1.35. The van der Waals surface area contributed by atoms with Crippen molar-refractivity contribution in [3.63, 3.8) is 0 Å². The van der Waals surface area contributed by atoms with Gasteiger partial charge in [-0.2, -0.15) is 0 Å². The Kier molecular flexibility index (Phi) is 1.97. The molecule has 4 atom stereocenters. The molecule has 0 spiro atoms. The highest BCUT2D eigenvalue weighted by molar-refractivity contribution is 5.94. The molecule has 1 aromatic carbocycles. The molecule has 18 heavy (non-hydrogen) atoms. The number of hydrogen-bond acceptors (Lipinski definition) is 3. The molecule has 2 fully saturated rings.